The smallest absolute Gasteiger partial charge is 0.462 e. The van der Waals surface area contributed by atoms with Crippen molar-refractivity contribution in [2.24, 2.45) is 0 Å². The number of hydrogen-bond donors (Lipinski definition) is 1. The maximum absolute atomic E-state index is 12.9. The molecule has 1 N–H and O–H groups in total. The molecule has 0 aliphatic rings. The Morgan fingerprint density at radius 3 is 0.966 bits per heavy atom. The molecule has 9 nitrogen and oxygen atoms in total. The Balaban J connectivity index is 4.01. The fourth-order valence-electron chi connectivity index (χ4n) is 10.5. The summed E-state index contributed by atoms with van der Waals surface area (Å²) in [6.07, 6.45) is 95.2. The predicted octanol–water partition coefficient (Wildman–Crippen LogP) is 24.3. The molecule has 0 aliphatic carbocycles. The summed E-state index contributed by atoms with van der Waals surface area (Å²) in [6, 6.07) is 0. The lowest BCUT2D eigenvalue weighted by Crippen LogP contribution is -2.37. The van der Waals surface area contributed by atoms with Crippen molar-refractivity contribution in [1.82, 2.24) is 0 Å². The summed E-state index contributed by atoms with van der Waals surface area (Å²) in [5, 5.41) is 0. The Kier molecular flexibility index (Phi) is 65.9. The predicted molar refractivity (Wildman–Crippen MR) is 381 cm³/mol. The Morgan fingerprint density at radius 1 is 0.364 bits per heavy atom. The fourth-order valence-corrected chi connectivity index (χ4v) is 11.2. The number of phosphoric ester groups is 1. The molecule has 0 heterocycles. The van der Waals surface area contributed by atoms with Crippen molar-refractivity contribution in [3.8, 4) is 0 Å². The highest BCUT2D eigenvalue weighted by atomic mass is 31.2. The lowest BCUT2D eigenvalue weighted by Gasteiger charge is -2.24. The second-order valence-electron chi connectivity index (χ2n) is 25.9. The molecule has 0 aliphatic heterocycles. The molecule has 510 valence electrons. The zero-order chi connectivity index (χ0) is 64.1. The number of carbonyl (C=O) groups excluding carboxylic acids is 2. The van der Waals surface area contributed by atoms with Gasteiger partial charge in [-0.3, -0.25) is 18.6 Å². The SMILES string of the molecule is CC/C=C\C/C=C\C/C=C\C/C=C\C/C=C\C/C=C\CCCCCCCCCCCCCCCCC(=O)OC(COC(=O)CCCCCCCCCCCCCCCCCCCCC/C=C\C/C=C\CCCCCCC)COP(=O)(O)OCC[N+](C)(C)C. The normalized spacial score (nSPS) is 13.7. The minimum Gasteiger partial charge on any atom is -0.462 e. The van der Waals surface area contributed by atoms with Crippen molar-refractivity contribution in [3.05, 3.63) is 97.2 Å². The van der Waals surface area contributed by atoms with Crippen molar-refractivity contribution in [2.75, 3.05) is 47.5 Å². The highest BCUT2D eigenvalue weighted by molar-refractivity contribution is 7.47. The van der Waals surface area contributed by atoms with Crippen molar-refractivity contribution in [1.29, 1.82) is 0 Å². The molecule has 0 rings (SSSR count). The van der Waals surface area contributed by atoms with E-state index in [0.717, 1.165) is 83.5 Å². The van der Waals surface area contributed by atoms with E-state index in [1.165, 1.54) is 218 Å². The summed E-state index contributed by atoms with van der Waals surface area (Å²) in [4.78, 5) is 35.9. The number of rotatable bonds is 68. The molecule has 0 saturated heterocycles. The first kappa shape index (κ1) is 84.9. The Hall–Kier alpha value is -3.07. The monoisotopic (exact) mass is 1250 g/mol. The third-order valence-corrected chi connectivity index (χ3v) is 17.1. The number of allylic oxidation sites excluding steroid dienone is 16. The zero-order valence-electron chi connectivity index (χ0n) is 58.2. The van der Waals surface area contributed by atoms with Crippen LogP contribution in [0, 0.1) is 0 Å². The van der Waals surface area contributed by atoms with E-state index in [1.807, 2.05) is 21.1 Å². The van der Waals surface area contributed by atoms with Gasteiger partial charge in [0.05, 0.1) is 27.7 Å². The average molecular weight is 1250 g/mol. The summed E-state index contributed by atoms with van der Waals surface area (Å²) in [5.41, 5.74) is 0. The third-order valence-electron chi connectivity index (χ3n) is 16.1. The highest BCUT2D eigenvalue weighted by Gasteiger charge is 2.27. The fraction of sp³-hybridized carbons (Fsp3) is 0.769. The van der Waals surface area contributed by atoms with Gasteiger partial charge >= 0.3 is 19.8 Å². The first-order valence-corrected chi connectivity index (χ1v) is 38.5. The van der Waals surface area contributed by atoms with Crippen LogP contribution in [0.2, 0.25) is 0 Å². The molecule has 0 aromatic carbocycles. The van der Waals surface area contributed by atoms with E-state index in [2.05, 4.69) is 111 Å². The van der Waals surface area contributed by atoms with Crippen LogP contribution < -0.4 is 0 Å². The molecule has 0 aromatic heterocycles. The van der Waals surface area contributed by atoms with E-state index in [1.54, 1.807) is 0 Å². The van der Waals surface area contributed by atoms with Crippen LogP contribution >= 0.6 is 7.82 Å². The first-order chi connectivity index (χ1) is 43.0. The van der Waals surface area contributed by atoms with Gasteiger partial charge in [0.2, 0.25) is 0 Å². The second-order valence-corrected chi connectivity index (χ2v) is 27.4. The van der Waals surface area contributed by atoms with Crippen LogP contribution in [0.5, 0.6) is 0 Å². The van der Waals surface area contributed by atoms with Crippen molar-refractivity contribution in [2.45, 2.75) is 341 Å². The van der Waals surface area contributed by atoms with Gasteiger partial charge in [0.1, 0.15) is 19.8 Å². The maximum Gasteiger partial charge on any atom is 0.472 e. The van der Waals surface area contributed by atoms with Gasteiger partial charge in [-0.25, -0.2) is 4.57 Å². The standard InChI is InChI=1S/C78H140NO8P/c1-6-8-10-12-14-16-18-20-22-24-26-28-30-32-34-36-38-39-41-43-45-47-49-51-53-55-57-59-61-63-65-67-69-71-78(81)87-76(75-86-88(82,83)85-73-72-79(3,4)5)74-84-77(80)70-68-66-64-62-60-58-56-54-52-50-48-46-44-42-40-37-35-33-31-29-27-25-23-21-19-17-15-13-11-9-7-2/h8,10,14,16,19-22,25-28,32,34,38-39,76H,6-7,9,11-13,15,17-18,23-24,29-31,33,35-37,40-75H2,1-5H3/p+1/b10-8-,16-14-,21-19-,22-20-,27-25-,28-26-,34-32-,39-38-. The number of hydrogen-bond acceptors (Lipinski definition) is 7. The maximum atomic E-state index is 12.9. The van der Waals surface area contributed by atoms with Crippen LogP contribution in [0.3, 0.4) is 0 Å². The van der Waals surface area contributed by atoms with Gasteiger partial charge in [-0.15, -0.1) is 0 Å². The molecule has 0 aromatic rings. The molecule has 2 unspecified atom stereocenters. The lowest BCUT2D eigenvalue weighted by molar-refractivity contribution is -0.870. The molecule has 0 bridgehead atoms. The first-order valence-electron chi connectivity index (χ1n) is 37.0. The number of unbranched alkanes of at least 4 members (excludes halogenated alkanes) is 38. The van der Waals surface area contributed by atoms with E-state index in [0.29, 0.717) is 17.4 Å². The minimum atomic E-state index is -4.40. The molecular formula is C78H141NO8P+. The number of phosphoric acid groups is 1. The molecule has 0 amide bonds. The summed E-state index contributed by atoms with van der Waals surface area (Å²) in [7, 11) is 1.48. The quantitative estimate of drug-likeness (QED) is 0.0211. The van der Waals surface area contributed by atoms with Crippen LogP contribution in [0.1, 0.15) is 335 Å². The van der Waals surface area contributed by atoms with Crippen LogP contribution in [-0.4, -0.2) is 74.9 Å². The van der Waals surface area contributed by atoms with Gasteiger partial charge in [0.15, 0.2) is 6.10 Å². The molecule has 0 spiro atoms. The number of ether oxygens (including phenoxy) is 2. The Labute approximate surface area is 544 Å². The molecule has 2 atom stereocenters. The highest BCUT2D eigenvalue weighted by Crippen LogP contribution is 2.43. The van der Waals surface area contributed by atoms with Gasteiger partial charge < -0.3 is 18.9 Å². The third kappa shape index (κ3) is 72.0. The second kappa shape index (κ2) is 68.3. The van der Waals surface area contributed by atoms with Crippen molar-refractivity contribution >= 4 is 19.8 Å². The van der Waals surface area contributed by atoms with E-state index < -0.39 is 26.5 Å². The topological polar surface area (TPSA) is 108 Å². The van der Waals surface area contributed by atoms with Crippen molar-refractivity contribution in [3.63, 3.8) is 0 Å². The lowest BCUT2D eigenvalue weighted by atomic mass is 10.0. The number of esters is 2. The summed E-state index contributed by atoms with van der Waals surface area (Å²) >= 11 is 0. The van der Waals surface area contributed by atoms with Crippen LogP contribution in [0.4, 0.5) is 0 Å². The van der Waals surface area contributed by atoms with Gasteiger partial charge in [-0.2, -0.15) is 0 Å². The molecule has 0 fully saturated rings. The number of likely N-dealkylation sites (N-methyl/N-ethyl adjacent to an activating group) is 1. The van der Waals surface area contributed by atoms with Crippen LogP contribution in [0.25, 0.3) is 0 Å². The van der Waals surface area contributed by atoms with E-state index >= 15 is 0 Å². The van der Waals surface area contributed by atoms with Crippen LogP contribution in [0.15, 0.2) is 97.2 Å². The number of carbonyl (C=O) groups is 2. The van der Waals surface area contributed by atoms with Gasteiger partial charge in [0, 0.05) is 12.8 Å². The van der Waals surface area contributed by atoms with E-state index in [9.17, 15) is 19.0 Å². The molecule has 10 heteroatoms. The summed E-state index contributed by atoms with van der Waals surface area (Å²) < 4.78 is 34.8. The van der Waals surface area contributed by atoms with Gasteiger partial charge in [-0.1, -0.05) is 323 Å². The van der Waals surface area contributed by atoms with Crippen molar-refractivity contribution < 1.29 is 42.1 Å². The Morgan fingerprint density at radius 2 is 0.648 bits per heavy atom. The van der Waals surface area contributed by atoms with E-state index in [-0.39, 0.29) is 32.0 Å². The Bertz CT molecular complexity index is 1810. The van der Waals surface area contributed by atoms with E-state index in [4.69, 9.17) is 18.5 Å². The van der Waals surface area contributed by atoms with Gasteiger partial charge in [0.25, 0.3) is 0 Å². The molecule has 0 radical (unpaired) electrons. The summed E-state index contributed by atoms with van der Waals surface area (Å²) in [5.74, 6) is -0.787. The minimum absolute atomic E-state index is 0.0301. The number of nitrogens with zero attached hydrogens (tertiary/aromatic N) is 1. The molecular weight excluding hydrogens is 1110 g/mol. The van der Waals surface area contributed by atoms with Crippen LogP contribution in [-0.2, 0) is 32.7 Å². The zero-order valence-corrected chi connectivity index (χ0v) is 59.1. The molecule has 88 heavy (non-hydrogen) atoms. The molecule has 0 saturated carbocycles. The van der Waals surface area contributed by atoms with Gasteiger partial charge in [-0.05, 0) is 96.3 Å². The largest absolute Gasteiger partial charge is 0.472 e. The summed E-state index contributed by atoms with van der Waals surface area (Å²) in [6.45, 7) is 4.35. The average Bonchev–Trinajstić information content (AvgIpc) is 3.56. The number of quaternary nitrogens is 1.